The number of morpholine rings is 1. The van der Waals surface area contributed by atoms with Gasteiger partial charge in [-0.3, -0.25) is 5.21 Å². The van der Waals surface area contributed by atoms with Crippen molar-refractivity contribution in [1.29, 1.82) is 0 Å². The monoisotopic (exact) mass is 490 g/mol. The average molecular weight is 491 g/mol. The van der Waals surface area contributed by atoms with Gasteiger partial charge in [-0.2, -0.15) is 15.0 Å². The molecule has 3 fully saturated rings. The molecule has 1 aromatic rings. The lowest BCUT2D eigenvalue weighted by molar-refractivity contribution is 0.121. The molecule has 0 unspecified atom stereocenters. The lowest BCUT2D eigenvalue weighted by Gasteiger charge is -2.55. The molecule has 0 saturated carbocycles. The van der Waals surface area contributed by atoms with E-state index in [1.54, 1.807) is 0 Å². The van der Waals surface area contributed by atoms with Crippen molar-refractivity contribution in [3.05, 3.63) is 0 Å². The van der Waals surface area contributed by atoms with Crippen molar-refractivity contribution in [1.82, 2.24) is 25.6 Å². The minimum absolute atomic E-state index is 0.0270. The molecule has 1 aromatic heterocycles. The Morgan fingerprint density at radius 3 is 1.69 bits per heavy atom. The lowest BCUT2D eigenvalue weighted by atomic mass is 9.75. The van der Waals surface area contributed by atoms with E-state index < -0.39 is 0 Å². The van der Waals surface area contributed by atoms with Crippen LogP contribution in [-0.4, -0.2) is 80.7 Å². The average Bonchev–Trinajstić information content (AvgIpc) is 2.70. The molecular formula is C25H46N8O2. The van der Waals surface area contributed by atoms with Gasteiger partial charge in [-0.25, -0.2) is 5.48 Å². The fourth-order valence-electron chi connectivity index (χ4n) is 6.98. The first-order valence-electron chi connectivity index (χ1n) is 13.0. The molecule has 0 aliphatic carbocycles. The summed E-state index contributed by atoms with van der Waals surface area (Å²) >= 11 is 0. The number of rotatable bonds is 5. The molecule has 10 heteroatoms. The predicted octanol–water partition coefficient (Wildman–Crippen LogP) is 2.93. The molecule has 3 saturated heterocycles. The molecule has 3 aliphatic heterocycles. The van der Waals surface area contributed by atoms with Gasteiger partial charge in [-0.1, -0.05) is 0 Å². The second kappa shape index (κ2) is 9.28. The van der Waals surface area contributed by atoms with Crippen molar-refractivity contribution in [2.75, 3.05) is 41.6 Å². The summed E-state index contributed by atoms with van der Waals surface area (Å²) < 4.78 is 5.54. The summed E-state index contributed by atoms with van der Waals surface area (Å²) in [6.07, 6.45) is 3.90. The van der Waals surface area contributed by atoms with E-state index in [1.807, 2.05) is 0 Å². The first-order valence-corrected chi connectivity index (χ1v) is 13.0. The topological polar surface area (TPSA) is 111 Å². The number of nitrogens with one attached hydrogen (secondary N) is 3. The number of anilines is 3. The van der Waals surface area contributed by atoms with E-state index in [4.69, 9.17) is 14.7 Å². The van der Waals surface area contributed by atoms with E-state index in [-0.39, 0.29) is 40.2 Å². The summed E-state index contributed by atoms with van der Waals surface area (Å²) in [5.74, 6) is 1.40. The lowest BCUT2D eigenvalue weighted by Crippen LogP contribution is -2.67. The van der Waals surface area contributed by atoms with Crippen LogP contribution in [0.5, 0.6) is 0 Å². The Morgan fingerprint density at radius 1 is 0.800 bits per heavy atom. The highest BCUT2D eigenvalue weighted by atomic mass is 16.5. The zero-order chi connectivity index (χ0) is 25.6. The van der Waals surface area contributed by atoms with Crippen LogP contribution in [0.3, 0.4) is 0 Å². The maximum atomic E-state index is 9.84. The van der Waals surface area contributed by atoms with Crippen LogP contribution >= 0.6 is 0 Å². The zero-order valence-corrected chi connectivity index (χ0v) is 22.9. The van der Waals surface area contributed by atoms with Crippen LogP contribution < -0.4 is 25.9 Å². The second-order valence-electron chi connectivity index (χ2n) is 13.3. The van der Waals surface area contributed by atoms with E-state index in [1.165, 1.54) is 0 Å². The zero-order valence-electron chi connectivity index (χ0n) is 22.9. The van der Waals surface area contributed by atoms with Crippen LogP contribution in [0.1, 0.15) is 81.1 Å². The van der Waals surface area contributed by atoms with Gasteiger partial charge in [0.05, 0.1) is 13.2 Å². The van der Waals surface area contributed by atoms with E-state index in [2.05, 4.69) is 86.3 Å². The summed E-state index contributed by atoms with van der Waals surface area (Å²) in [7, 11) is 0. The third-order valence-corrected chi connectivity index (χ3v) is 7.36. The van der Waals surface area contributed by atoms with Crippen LogP contribution in [0.2, 0.25) is 0 Å². The van der Waals surface area contributed by atoms with Crippen LogP contribution in [0.15, 0.2) is 0 Å². The second-order valence-corrected chi connectivity index (χ2v) is 13.3. The molecule has 0 bridgehead atoms. The highest BCUT2D eigenvalue weighted by Gasteiger charge is 2.47. The van der Waals surface area contributed by atoms with E-state index in [9.17, 15) is 5.21 Å². The van der Waals surface area contributed by atoms with Gasteiger partial charge in [0.2, 0.25) is 11.9 Å². The van der Waals surface area contributed by atoms with Crippen molar-refractivity contribution in [3.8, 4) is 0 Å². The SMILES string of the molecule is CC1(C)CC(N(c2nc(NO)nc(N3CCOCC3)n2)C2CC(C)(C)NC(C)(C)C2)CC(C)(C)N1. The molecule has 0 spiro atoms. The minimum Gasteiger partial charge on any atom is -0.378 e. The van der Waals surface area contributed by atoms with Gasteiger partial charge in [0, 0.05) is 47.3 Å². The van der Waals surface area contributed by atoms with Crippen molar-refractivity contribution in [2.45, 2.75) is 115 Å². The van der Waals surface area contributed by atoms with Crippen molar-refractivity contribution < 1.29 is 9.94 Å². The molecule has 0 radical (unpaired) electrons. The molecule has 0 atom stereocenters. The van der Waals surface area contributed by atoms with Gasteiger partial charge in [-0.15, -0.1) is 0 Å². The Kier molecular flexibility index (Phi) is 6.98. The summed E-state index contributed by atoms with van der Waals surface area (Å²) in [5, 5.41) is 17.5. The van der Waals surface area contributed by atoms with E-state index in [0.29, 0.717) is 25.1 Å². The summed E-state index contributed by atoms with van der Waals surface area (Å²) in [4.78, 5) is 18.8. The number of nitrogens with zero attached hydrogens (tertiary/aromatic N) is 5. The van der Waals surface area contributed by atoms with Gasteiger partial charge >= 0.3 is 0 Å². The Balaban J connectivity index is 1.80. The van der Waals surface area contributed by atoms with E-state index >= 15 is 0 Å². The third-order valence-electron chi connectivity index (χ3n) is 7.36. The van der Waals surface area contributed by atoms with Gasteiger partial charge in [0.15, 0.2) is 0 Å². The summed E-state index contributed by atoms with van der Waals surface area (Å²) in [6.45, 7) is 21.0. The molecule has 3 aliphatic rings. The van der Waals surface area contributed by atoms with E-state index in [0.717, 1.165) is 38.8 Å². The molecule has 10 nitrogen and oxygen atoms in total. The first kappa shape index (κ1) is 26.3. The molecule has 35 heavy (non-hydrogen) atoms. The highest BCUT2D eigenvalue weighted by molar-refractivity contribution is 5.47. The maximum Gasteiger partial charge on any atom is 0.253 e. The molecule has 4 rings (SSSR count). The maximum absolute atomic E-state index is 9.84. The standard InChI is InChI=1S/C25H46N8O2/c1-22(2)13-17(14-23(3,4)30-22)33(18-15-24(5,6)31-25(7,8)16-18)21-27-19(29-34)26-20(28-21)32-9-11-35-12-10-32/h17-18,30-31,34H,9-16H2,1-8H3,(H,26,27,28,29). The molecule has 198 valence electrons. The largest absolute Gasteiger partial charge is 0.378 e. The van der Waals surface area contributed by atoms with Crippen molar-refractivity contribution >= 4 is 17.8 Å². The Labute approximate surface area is 210 Å². The number of hydrogen-bond donors (Lipinski definition) is 4. The van der Waals surface area contributed by atoms with Crippen molar-refractivity contribution in [2.24, 2.45) is 0 Å². The smallest absolute Gasteiger partial charge is 0.253 e. The number of hydrogen-bond acceptors (Lipinski definition) is 10. The minimum atomic E-state index is -0.0270. The molecular weight excluding hydrogens is 444 g/mol. The summed E-state index contributed by atoms with van der Waals surface area (Å²) in [5.41, 5.74) is 2.09. The quantitative estimate of drug-likeness (QED) is 0.460. The van der Waals surface area contributed by atoms with Crippen molar-refractivity contribution in [3.63, 3.8) is 0 Å². The fourth-order valence-corrected chi connectivity index (χ4v) is 6.98. The van der Waals surface area contributed by atoms with Gasteiger partial charge in [0.1, 0.15) is 0 Å². The Morgan fingerprint density at radius 2 is 1.26 bits per heavy atom. The third kappa shape index (κ3) is 6.34. The molecule has 4 heterocycles. The van der Waals surface area contributed by atoms with Crippen LogP contribution in [0.25, 0.3) is 0 Å². The van der Waals surface area contributed by atoms with Crippen LogP contribution in [0.4, 0.5) is 17.8 Å². The highest BCUT2D eigenvalue weighted by Crippen LogP contribution is 2.39. The molecule has 4 N–H and O–H groups in total. The Hall–Kier alpha value is -1.75. The van der Waals surface area contributed by atoms with Gasteiger partial charge < -0.3 is 25.2 Å². The predicted molar refractivity (Wildman–Crippen MR) is 139 cm³/mol. The number of ether oxygens (including phenoxy) is 1. The summed E-state index contributed by atoms with van der Waals surface area (Å²) in [6, 6.07) is 0.477. The molecule has 0 amide bonds. The number of piperidine rings is 2. The molecule has 0 aromatic carbocycles. The fraction of sp³-hybridized carbons (Fsp3) is 0.880. The van der Waals surface area contributed by atoms with Crippen LogP contribution in [-0.2, 0) is 4.74 Å². The van der Waals surface area contributed by atoms with Gasteiger partial charge in [0.25, 0.3) is 5.95 Å². The first-order chi connectivity index (χ1) is 16.2. The van der Waals surface area contributed by atoms with Crippen LogP contribution in [0, 0.1) is 0 Å². The normalized spacial score (nSPS) is 26.4. The van der Waals surface area contributed by atoms with Gasteiger partial charge in [-0.05, 0) is 81.1 Å². The number of aromatic nitrogens is 3. The Bertz CT molecular complexity index is 827.